The Morgan fingerprint density at radius 1 is 0.833 bits per heavy atom. The highest BCUT2D eigenvalue weighted by Gasteiger charge is 2.72. The Morgan fingerprint density at radius 3 is 2.05 bits per heavy atom. The molecule has 5 aliphatic rings. The first-order valence-electron chi connectivity index (χ1n) is 24.5. The van der Waals surface area contributed by atoms with Gasteiger partial charge in [0.15, 0.2) is 0 Å². The van der Waals surface area contributed by atoms with Crippen LogP contribution in [0.1, 0.15) is 126 Å². The lowest BCUT2D eigenvalue weighted by Gasteiger charge is -2.71. The second-order valence-corrected chi connectivity index (χ2v) is 22.6. The van der Waals surface area contributed by atoms with Gasteiger partial charge in [0.1, 0.15) is 25.4 Å². The molecule has 11 nitrogen and oxygen atoms in total. The molecule has 0 N–H and O–H groups in total. The van der Waals surface area contributed by atoms with Crippen molar-refractivity contribution in [3.63, 3.8) is 0 Å². The zero-order valence-electron chi connectivity index (χ0n) is 41.8. The molecule has 4 fully saturated rings. The van der Waals surface area contributed by atoms with Crippen LogP contribution in [0.15, 0.2) is 72.3 Å². The number of hydrogen-bond donors (Lipinski definition) is 0. The molecule has 1 saturated heterocycles. The minimum absolute atomic E-state index is 0.00292. The van der Waals surface area contributed by atoms with Crippen LogP contribution >= 0.6 is 0 Å². The van der Waals surface area contributed by atoms with Gasteiger partial charge in [-0.25, -0.2) is 9.59 Å². The first kappa shape index (κ1) is 49.7. The van der Waals surface area contributed by atoms with Gasteiger partial charge in [0, 0.05) is 24.8 Å². The van der Waals surface area contributed by atoms with E-state index in [0.717, 1.165) is 36.8 Å². The summed E-state index contributed by atoms with van der Waals surface area (Å²) in [6.07, 6.45) is 4.65. The number of rotatable bonds is 13. The van der Waals surface area contributed by atoms with E-state index in [0.29, 0.717) is 32.0 Å². The number of carbonyl (C=O) groups is 4. The topological polar surface area (TPSA) is 127 Å². The number of hydrogen-bond acceptors (Lipinski definition) is 10. The molecule has 66 heavy (non-hydrogen) atoms. The summed E-state index contributed by atoms with van der Waals surface area (Å²) in [4.78, 5) is 56.5. The molecule has 0 unspecified atom stereocenters. The molecule has 0 spiro atoms. The number of carbonyl (C=O) groups excluding carboxylic acids is 4. The highest BCUT2D eigenvalue weighted by molar-refractivity contribution is 5.85. The van der Waals surface area contributed by atoms with E-state index in [1.165, 1.54) is 12.5 Å². The van der Waals surface area contributed by atoms with Gasteiger partial charge in [-0.1, -0.05) is 135 Å². The number of benzene rings is 2. The van der Waals surface area contributed by atoms with E-state index in [2.05, 4.69) is 68.4 Å². The normalized spacial score (nSPS) is 34.9. The van der Waals surface area contributed by atoms with Crippen LogP contribution in [0, 0.1) is 62.6 Å². The number of esters is 2. The molecule has 362 valence electrons. The molecule has 2 aromatic rings. The molecule has 0 radical (unpaired) electrons. The number of nitrogens with zero attached hydrogens (tertiary/aromatic N) is 1. The van der Waals surface area contributed by atoms with Crippen LogP contribution in [0.5, 0.6) is 0 Å². The van der Waals surface area contributed by atoms with E-state index in [9.17, 15) is 19.2 Å². The van der Waals surface area contributed by atoms with Crippen LogP contribution < -0.4 is 0 Å². The molecule has 0 aromatic heterocycles. The quantitative estimate of drug-likeness (QED) is 0.0829. The largest absolute Gasteiger partial charge is 0.516 e. The van der Waals surface area contributed by atoms with Gasteiger partial charge in [-0.15, -0.1) is 0 Å². The van der Waals surface area contributed by atoms with Crippen LogP contribution in [-0.2, 0) is 51.2 Å². The fourth-order valence-electron chi connectivity index (χ4n) is 14.0. The fourth-order valence-corrected chi connectivity index (χ4v) is 14.0. The monoisotopic (exact) mass is 912 g/mol. The Kier molecular flexibility index (Phi) is 14.1. The van der Waals surface area contributed by atoms with Gasteiger partial charge in [-0.3, -0.25) is 9.59 Å². The van der Waals surface area contributed by atoms with Gasteiger partial charge in [0.05, 0.1) is 31.3 Å². The summed E-state index contributed by atoms with van der Waals surface area (Å²) in [5.41, 5.74) is 0.0313. The molecular formula is C55H77NO10. The number of fused-ring (bicyclic) bond motifs is 3. The Morgan fingerprint density at radius 2 is 1.45 bits per heavy atom. The molecular weight excluding hydrogens is 835 g/mol. The third-order valence-corrected chi connectivity index (χ3v) is 18.8. The summed E-state index contributed by atoms with van der Waals surface area (Å²) in [6.45, 7) is 24.8. The summed E-state index contributed by atoms with van der Waals surface area (Å²) < 4.78 is 37.3. The Balaban J connectivity index is 1.19. The number of ether oxygens (including phenoxy) is 6. The maximum Gasteiger partial charge on any atom is 0.516 e. The smallest absolute Gasteiger partial charge is 0.460 e. The van der Waals surface area contributed by atoms with E-state index < -0.39 is 63.5 Å². The molecule has 2 bridgehead atoms. The molecule has 7 rings (SSSR count). The predicted molar refractivity (Wildman–Crippen MR) is 252 cm³/mol. The number of amides is 1. The van der Waals surface area contributed by atoms with E-state index in [4.69, 9.17) is 28.4 Å². The van der Waals surface area contributed by atoms with Crippen molar-refractivity contribution in [3.05, 3.63) is 83.4 Å². The highest BCUT2D eigenvalue weighted by Crippen LogP contribution is 2.75. The van der Waals surface area contributed by atoms with Crippen molar-refractivity contribution in [1.29, 1.82) is 0 Å². The maximum absolute atomic E-state index is 14.8. The van der Waals surface area contributed by atoms with Gasteiger partial charge < -0.3 is 33.3 Å². The van der Waals surface area contributed by atoms with Crippen LogP contribution in [0.4, 0.5) is 9.59 Å². The molecule has 4 aliphatic carbocycles. The average molecular weight is 912 g/mol. The number of likely N-dealkylation sites (N-methyl/N-ethyl adjacent to an activating group) is 1. The Bertz CT molecular complexity index is 2120. The van der Waals surface area contributed by atoms with Gasteiger partial charge >= 0.3 is 24.2 Å². The lowest BCUT2D eigenvalue weighted by molar-refractivity contribution is -0.271. The number of allylic oxidation sites excluding steroid dienone is 1. The van der Waals surface area contributed by atoms with Crippen LogP contribution in [0.3, 0.4) is 0 Å². The van der Waals surface area contributed by atoms with E-state index in [-0.39, 0.29) is 54.9 Å². The summed E-state index contributed by atoms with van der Waals surface area (Å²) in [7, 11) is 1.77. The minimum Gasteiger partial charge on any atom is -0.460 e. The second kappa shape index (κ2) is 18.7. The zero-order chi connectivity index (χ0) is 48.0. The Labute approximate surface area is 394 Å². The maximum atomic E-state index is 14.8. The molecule has 1 amide bonds. The van der Waals surface area contributed by atoms with Crippen LogP contribution in [0.25, 0.3) is 0 Å². The molecule has 11 heteroatoms. The van der Waals surface area contributed by atoms with Crippen molar-refractivity contribution in [2.45, 2.75) is 146 Å². The van der Waals surface area contributed by atoms with E-state index >= 15 is 0 Å². The molecule has 1 heterocycles. The van der Waals surface area contributed by atoms with Gasteiger partial charge in [-0.2, -0.15) is 0 Å². The molecule has 2 aromatic carbocycles. The van der Waals surface area contributed by atoms with Crippen molar-refractivity contribution in [2.24, 2.45) is 62.6 Å². The first-order chi connectivity index (χ1) is 31.1. The molecule has 3 saturated carbocycles. The summed E-state index contributed by atoms with van der Waals surface area (Å²) in [6, 6.07) is 19.0. The van der Waals surface area contributed by atoms with Gasteiger partial charge in [0.2, 0.25) is 0 Å². The Hall–Kier alpha value is -4.22. The lowest BCUT2D eigenvalue weighted by Crippen LogP contribution is -2.70. The van der Waals surface area contributed by atoms with Crippen molar-refractivity contribution in [3.8, 4) is 0 Å². The molecule has 12 atom stereocenters. The second-order valence-electron chi connectivity index (χ2n) is 22.6. The van der Waals surface area contributed by atoms with E-state index in [1.807, 2.05) is 67.6 Å². The van der Waals surface area contributed by atoms with Crippen molar-refractivity contribution in [2.75, 3.05) is 26.9 Å². The van der Waals surface area contributed by atoms with Gasteiger partial charge in [0.25, 0.3) is 0 Å². The zero-order valence-corrected chi connectivity index (χ0v) is 41.8. The summed E-state index contributed by atoms with van der Waals surface area (Å²) >= 11 is 0. The fraction of sp³-hybridized carbons (Fsp3) is 0.673. The van der Waals surface area contributed by atoms with Crippen molar-refractivity contribution >= 4 is 24.2 Å². The summed E-state index contributed by atoms with van der Waals surface area (Å²) in [5.74, 6) is -0.700. The SMILES string of the molecule is CC(=O)O[C@@H]1C[C@@]23COC[C@](C)([C@@H]2CC[C@H]2C3=CC[C@@]3(C)[C@H](C(=O)OC(=O)OCc4ccccc4)[C@@](C)([C@H](C)C(C)C)CC[C@]23C)[C@H]1OC[C@](C)(C(C)C)N(C)C(=O)OCc1ccccc1. The van der Waals surface area contributed by atoms with E-state index in [1.54, 1.807) is 11.9 Å². The van der Waals surface area contributed by atoms with Gasteiger partial charge in [-0.05, 0) is 102 Å². The molecule has 1 aliphatic heterocycles. The van der Waals surface area contributed by atoms with Crippen molar-refractivity contribution in [1.82, 2.24) is 4.90 Å². The third-order valence-electron chi connectivity index (χ3n) is 18.8. The highest BCUT2D eigenvalue weighted by atomic mass is 16.7. The first-order valence-corrected chi connectivity index (χ1v) is 24.5. The predicted octanol–water partition coefficient (Wildman–Crippen LogP) is 11.4. The minimum atomic E-state index is -0.969. The summed E-state index contributed by atoms with van der Waals surface area (Å²) in [5, 5.41) is 0. The average Bonchev–Trinajstić information content (AvgIpc) is 3.27. The van der Waals surface area contributed by atoms with Crippen LogP contribution in [-0.4, -0.2) is 73.7 Å². The third kappa shape index (κ3) is 8.51. The standard InChI is InChI=1S/C55H77NO10/c1-35(2)37(5)50(7)27-28-52(9)41-23-24-44-51(8)32-61-34-55(44,42(41)25-26-53(52,10)45(50)47(58)66-49(60)63-31-40-21-17-14-18-22-40)29-43(65-38(6)57)46(51)64-33-54(11,36(3)4)56(12)48(59)62-30-39-19-15-13-16-20-39/h13-22,25,35-37,41,43-46H,23-24,26-34H2,1-12H3/t37-,41+,43-,44+,45-,46+,50-,51-,52-,53+,54-,55+/m1/s1. The van der Waals surface area contributed by atoms with Crippen LogP contribution in [0.2, 0.25) is 0 Å². The lowest BCUT2D eigenvalue weighted by atomic mass is 9.34. The van der Waals surface area contributed by atoms with Crippen molar-refractivity contribution < 1.29 is 47.6 Å².